The molecule has 7 nitrogen and oxygen atoms in total. The van der Waals surface area contributed by atoms with E-state index in [1.165, 1.54) is 21.3 Å². The first-order valence-corrected chi connectivity index (χ1v) is 11.1. The molecule has 144 valence electrons. The number of para-hydroxylation sites is 1. The fourth-order valence-corrected chi connectivity index (χ4v) is 7.33. The zero-order valence-corrected chi connectivity index (χ0v) is 17.0. The minimum absolute atomic E-state index is 0.134. The molecular weight excluding hydrogens is 446 g/mol. The lowest BCUT2D eigenvalue weighted by molar-refractivity contribution is -0.145. The summed E-state index contributed by atoms with van der Waals surface area (Å²) in [6.07, 6.45) is -0.550. The van der Waals surface area contributed by atoms with E-state index in [-0.39, 0.29) is 23.3 Å². The number of carbonyl (C=O) groups excluding carboxylic acids is 2. The van der Waals surface area contributed by atoms with E-state index < -0.39 is 26.6 Å². The maximum atomic E-state index is 13.6. The van der Waals surface area contributed by atoms with Gasteiger partial charge in [0.1, 0.15) is 12.2 Å². The van der Waals surface area contributed by atoms with Crippen molar-refractivity contribution in [2.75, 3.05) is 10.8 Å². The van der Waals surface area contributed by atoms with E-state index in [0.29, 0.717) is 12.1 Å². The third-order valence-corrected chi connectivity index (χ3v) is 8.56. The normalized spacial score (nSPS) is 28.6. The SMILES string of the molecule is O=C1NCC(=O)N2[C@H]1C[C@]1(Br)c3ccccc3N(S(=O)(=O)c3ccccc3)[C@H]21. The number of piperazine rings is 1. The summed E-state index contributed by atoms with van der Waals surface area (Å²) in [5.41, 5.74) is 1.28. The molecule has 0 bridgehead atoms. The molecule has 9 heteroatoms. The maximum Gasteiger partial charge on any atom is 0.266 e. The molecule has 2 aromatic rings. The van der Waals surface area contributed by atoms with Gasteiger partial charge in [0.05, 0.1) is 21.5 Å². The Bertz CT molecular complexity index is 1110. The summed E-state index contributed by atoms with van der Waals surface area (Å²) in [5.74, 6) is -0.556. The predicted molar refractivity (Wildman–Crippen MR) is 105 cm³/mol. The summed E-state index contributed by atoms with van der Waals surface area (Å²) in [6.45, 7) is -0.134. The molecule has 3 aliphatic rings. The Kier molecular flexibility index (Phi) is 3.67. The van der Waals surface area contributed by atoms with Crippen LogP contribution < -0.4 is 9.62 Å². The molecule has 1 N–H and O–H groups in total. The molecule has 5 rings (SSSR count). The first-order chi connectivity index (χ1) is 13.4. The number of hydrogen-bond donors (Lipinski definition) is 1. The molecule has 0 spiro atoms. The first kappa shape index (κ1) is 17.7. The van der Waals surface area contributed by atoms with Crippen LogP contribution in [0.2, 0.25) is 0 Å². The van der Waals surface area contributed by atoms with Crippen molar-refractivity contribution in [2.45, 2.75) is 27.8 Å². The number of benzene rings is 2. The molecule has 0 radical (unpaired) electrons. The highest BCUT2D eigenvalue weighted by Gasteiger charge is 2.65. The van der Waals surface area contributed by atoms with Crippen molar-refractivity contribution >= 4 is 43.5 Å². The van der Waals surface area contributed by atoms with Gasteiger partial charge in [-0.1, -0.05) is 52.3 Å². The van der Waals surface area contributed by atoms with E-state index in [1.807, 2.05) is 12.1 Å². The monoisotopic (exact) mass is 461 g/mol. The van der Waals surface area contributed by atoms with Gasteiger partial charge in [0.2, 0.25) is 11.8 Å². The lowest BCUT2D eigenvalue weighted by atomic mass is 9.96. The average molecular weight is 462 g/mol. The molecule has 0 saturated carbocycles. The quantitative estimate of drug-likeness (QED) is 0.687. The second-order valence-electron chi connectivity index (χ2n) is 7.11. The molecule has 0 aromatic heterocycles. The number of anilines is 1. The number of rotatable bonds is 2. The van der Waals surface area contributed by atoms with Crippen LogP contribution in [0.5, 0.6) is 0 Å². The van der Waals surface area contributed by atoms with Gasteiger partial charge < -0.3 is 10.2 Å². The van der Waals surface area contributed by atoms with Crippen LogP contribution in [0.1, 0.15) is 12.0 Å². The van der Waals surface area contributed by atoms with Crippen molar-refractivity contribution in [3.8, 4) is 0 Å². The van der Waals surface area contributed by atoms with Crippen LogP contribution in [-0.2, 0) is 23.9 Å². The minimum atomic E-state index is -3.96. The second-order valence-corrected chi connectivity index (χ2v) is 10.3. The van der Waals surface area contributed by atoms with Crippen LogP contribution in [0, 0.1) is 0 Å². The lowest BCUT2D eigenvalue weighted by Gasteiger charge is -2.38. The Hall–Kier alpha value is -2.39. The number of nitrogens with one attached hydrogen (secondary N) is 1. The summed E-state index contributed by atoms with van der Waals surface area (Å²) in [4.78, 5) is 26.7. The summed E-state index contributed by atoms with van der Waals surface area (Å²) in [6, 6.07) is 14.6. The smallest absolute Gasteiger partial charge is 0.266 e. The van der Waals surface area contributed by atoms with Crippen molar-refractivity contribution in [1.82, 2.24) is 10.2 Å². The molecule has 3 aliphatic heterocycles. The Morgan fingerprint density at radius 3 is 2.46 bits per heavy atom. The highest BCUT2D eigenvalue weighted by Crippen LogP contribution is 2.59. The first-order valence-electron chi connectivity index (χ1n) is 8.82. The molecule has 3 heterocycles. The second kappa shape index (κ2) is 5.81. The lowest BCUT2D eigenvalue weighted by Crippen LogP contribution is -2.62. The number of halogens is 1. The molecule has 3 atom stereocenters. The van der Waals surface area contributed by atoms with Crippen molar-refractivity contribution in [2.24, 2.45) is 0 Å². The van der Waals surface area contributed by atoms with Gasteiger partial charge in [-0.25, -0.2) is 12.7 Å². The van der Waals surface area contributed by atoms with Crippen LogP contribution >= 0.6 is 15.9 Å². The van der Waals surface area contributed by atoms with Crippen LogP contribution in [0.4, 0.5) is 5.69 Å². The zero-order chi connectivity index (χ0) is 19.7. The van der Waals surface area contributed by atoms with Crippen LogP contribution in [-0.4, -0.2) is 43.9 Å². The third-order valence-electron chi connectivity index (χ3n) is 5.61. The minimum Gasteiger partial charge on any atom is -0.345 e. The highest BCUT2D eigenvalue weighted by molar-refractivity contribution is 9.09. The molecule has 0 unspecified atom stereocenters. The average Bonchev–Trinajstić information content (AvgIpc) is 3.14. The fourth-order valence-electron chi connectivity index (χ4n) is 4.44. The van der Waals surface area contributed by atoms with E-state index in [1.54, 1.807) is 30.3 Å². The Labute approximate surface area is 170 Å². The maximum absolute atomic E-state index is 13.6. The number of fused-ring (bicyclic) bond motifs is 5. The van der Waals surface area contributed by atoms with Crippen molar-refractivity contribution in [1.29, 1.82) is 0 Å². The van der Waals surface area contributed by atoms with E-state index in [4.69, 9.17) is 0 Å². The zero-order valence-electron chi connectivity index (χ0n) is 14.6. The van der Waals surface area contributed by atoms with E-state index in [2.05, 4.69) is 21.2 Å². The number of amides is 2. The summed E-state index contributed by atoms with van der Waals surface area (Å²) in [5, 5.41) is 2.60. The summed E-state index contributed by atoms with van der Waals surface area (Å²) < 4.78 is 27.7. The van der Waals surface area contributed by atoms with Crippen molar-refractivity contribution in [3.63, 3.8) is 0 Å². The largest absolute Gasteiger partial charge is 0.345 e. The fraction of sp³-hybridized carbons (Fsp3) is 0.263. The van der Waals surface area contributed by atoms with Gasteiger partial charge in [-0.2, -0.15) is 0 Å². The van der Waals surface area contributed by atoms with Gasteiger partial charge in [0.25, 0.3) is 10.0 Å². The Morgan fingerprint density at radius 2 is 1.71 bits per heavy atom. The van der Waals surface area contributed by atoms with Crippen molar-refractivity contribution < 1.29 is 18.0 Å². The molecule has 0 aliphatic carbocycles. The standard InChI is InChI=1S/C19H16BrN3O4S/c20-19-10-15-17(25)21-11-16(24)22(15)18(19)23(14-9-5-4-8-13(14)19)28(26,27)12-6-2-1-3-7-12/h1-9,15,18H,10-11H2,(H,21,25)/t15-,18-,19-/m0/s1. The van der Waals surface area contributed by atoms with Gasteiger partial charge in [-0.05, 0) is 23.8 Å². The van der Waals surface area contributed by atoms with Crippen LogP contribution in [0.25, 0.3) is 0 Å². The van der Waals surface area contributed by atoms with E-state index >= 15 is 0 Å². The Balaban J connectivity index is 1.75. The number of hydrogen-bond acceptors (Lipinski definition) is 4. The van der Waals surface area contributed by atoms with Crippen LogP contribution in [0.3, 0.4) is 0 Å². The van der Waals surface area contributed by atoms with Crippen molar-refractivity contribution in [3.05, 3.63) is 60.2 Å². The molecule has 2 amide bonds. The summed E-state index contributed by atoms with van der Waals surface area (Å²) >= 11 is 3.74. The molecule has 2 fully saturated rings. The van der Waals surface area contributed by atoms with Crippen LogP contribution in [0.15, 0.2) is 59.5 Å². The predicted octanol–water partition coefficient (Wildman–Crippen LogP) is 1.54. The molecular formula is C19H16BrN3O4S. The third kappa shape index (κ3) is 2.17. The number of carbonyl (C=O) groups is 2. The van der Waals surface area contributed by atoms with Gasteiger partial charge in [-0.3, -0.25) is 9.59 Å². The molecule has 2 aromatic carbocycles. The molecule has 2 saturated heterocycles. The number of alkyl halides is 1. The van der Waals surface area contributed by atoms with Gasteiger partial charge in [0.15, 0.2) is 0 Å². The molecule has 28 heavy (non-hydrogen) atoms. The topological polar surface area (TPSA) is 86.8 Å². The van der Waals surface area contributed by atoms with E-state index in [9.17, 15) is 18.0 Å². The van der Waals surface area contributed by atoms with Gasteiger partial charge in [-0.15, -0.1) is 0 Å². The van der Waals surface area contributed by atoms with Gasteiger partial charge in [0, 0.05) is 6.42 Å². The summed E-state index contributed by atoms with van der Waals surface area (Å²) in [7, 11) is -3.96. The number of nitrogens with zero attached hydrogens (tertiary/aromatic N) is 2. The number of sulfonamides is 1. The van der Waals surface area contributed by atoms with Gasteiger partial charge >= 0.3 is 0 Å². The highest BCUT2D eigenvalue weighted by atomic mass is 79.9. The van der Waals surface area contributed by atoms with E-state index in [0.717, 1.165) is 5.56 Å². The Morgan fingerprint density at radius 1 is 1.04 bits per heavy atom.